The van der Waals surface area contributed by atoms with E-state index in [4.69, 9.17) is 0 Å². The lowest BCUT2D eigenvalue weighted by Crippen LogP contribution is -2.38. The second kappa shape index (κ2) is 10.2. The standard InChI is InChI=1S/C25H29FN2O3/c1-17-6-3-9-20(14-17)22-15-21(11-12-23(22)26)24(27-18(2)29)10-4-7-19-8-5-13-28(16-19)25(30)31/h3-4,6,9-12,14-15,19,24H,5,7-8,13,16H2,1-2H3,(H,27,29)(H,30,31). The Balaban J connectivity index is 1.79. The van der Waals surface area contributed by atoms with Crippen LogP contribution in [0.15, 0.2) is 54.6 Å². The zero-order valence-electron chi connectivity index (χ0n) is 18.0. The van der Waals surface area contributed by atoms with Crippen LogP contribution in [0.3, 0.4) is 0 Å². The molecule has 2 aromatic carbocycles. The van der Waals surface area contributed by atoms with Crippen LogP contribution in [0, 0.1) is 18.7 Å². The highest BCUT2D eigenvalue weighted by molar-refractivity contribution is 5.74. The lowest BCUT2D eigenvalue weighted by atomic mass is 9.93. The number of amides is 2. The number of piperidine rings is 1. The van der Waals surface area contributed by atoms with Crippen molar-refractivity contribution in [3.63, 3.8) is 0 Å². The Bertz CT molecular complexity index is 973. The zero-order valence-corrected chi connectivity index (χ0v) is 18.0. The van der Waals surface area contributed by atoms with E-state index in [0.29, 0.717) is 18.7 Å². The number of carbonyl (C=O) groups is 2. The van der Waals surface area contributed by atoms with Gasteiger partial charge < -0.3 is 15.3 Å². The van der Waals surface area contributed by atoms with Crippen molar-refractivity contribution < 1.29 is 19.1 Å². The molecule has 31 heavy (non-hydrogen) atoms. The maximum atomic E-state index is 14.6. The van der Waals surface area contributed by atoms with Crippen LogP contribution in [0.25, 0.3) is 11.1 Å². The van der Waals surface area contributed by atoms with Gasteiger partial charge in [-0.25, -0.2) is 9.18 Å². The van der Waals surface area contributed by atoms with E-state index < -0.39 is 6.09 Å². The fourth-order valence-corrected chi connectivity index (χ4v) is 4.07. The largest absolute Gasteiger partial charge is 0.465 e. The van der Waals surface area contributed by atoms with E-state index >= 15 is 0 Å². The minimum absolute atomic E-state index is 0.175. The van der Waals surface area contributed by atoms with Crippen molar-refractivity contribution in [2.75, 3.05) is 13.1 Å². The molecule has 1 fully saturated rings. The fraction of sp³-hybridized carbons (Fsp3) is 0.360. The van der Waals surface area contributed by atoms with Gasteiger partial charge in [0.05, 0.1) is 6.04 Å². The number of nitrogens with zero attached hydrogens (tertiary/aromatic N) is 1. The highest BCUT2D eigenvalue weighted by atomic mass is 19.1. The maximum absolute atomic E-state index is 14.6. The molecule has 0 spiro atoms. The quantitative estimate of drug-likeness (QED) is 0.617. The topological polar surface area (TPSA) is 69.6 Å². The monoisotopic (exact) mass is 424 g/mol. The summed E-state index contributed by atoms with van der Waals surface area (Å²) >= 11 is 0. The molecule has 0 saturated carbocycles. The minimum atomic E-state index is -0.875. The number of halogens is 1. The lowest BCUT2D eigenvalue weighted by molar-refractivity contribution is -0.119. The first kappa shape index (κ1) is 22.5. The molecule has 2 amide bonds. The molecule has 1 aliphatic rings. The van der Waals surface area contributed by atoms with E-state index in [1.165, 1.54) is 17.9 Å². The molecule has 6 heteroatoms. The van der Waals surface area contributed by atoms with Crippen molar-refractivity contribution >= 4 is 12.0 Å². The molecular formula is C25H29FN2O3. The molecule has 0 aromatic heterocycles. The summed E-state index contributed by atoms with van der Waals surface area (Å²) in [6, 6.07) is 12.2. The van der Waals surface area contributed by atoms with Crippen LogP contribution in [0.4, 0.5) is 9.18 Å². The van der Waals surface area contributed by atoms with Gasteiger partial charge >= 0.3 is 6.09 Å². The van der Waals surface area contributed by atoms with E-state index in [-0.39, 0.29) is 23.7 Å². The molecule has 1 heterocycles. The molecule has 164 valence electrons. The van der Waals surface area contributed by atoms with Crippen LogP contribution in [-0.2, 0) is 4.79 Å². The third-order valence-electron chi connectivity index (χ3n) is 5.62. The molecule has 3 rings (SSSR count). The normalized spacial score (nSPS) is 17.5. The number of hydrogen-bond donors (Lipinski definition) is 2. The molecule has 2 unspecified atom stereocenters. The Hall–Kier alpha value is -3.15. The third kappa shape index (κ3) is 6.17. The first-order valence-electron chi connectivity index (χ1n) is 10.6. The Morgan fingerprint density at radius 1 is 1.29 bits per heavy atom. The average Bonchev–Trinajstić information content (AvgIpc) is 2.73. The summed E-state index contributed by atoms with van der Waals surface area (Å²) in [7, 11) is 0. The number of benzene rings is 2. The molecule has 0 bridgehead atoms. The van der Waals surface area contributed by atoms with Gasteiger partial charge in [-0.3, -0.25) is 4.79 Å². The summed E-state index contributed by atoms with van der Waals surface area (Å²) in [5, 5.41) is 12.1. The number of allylic oxidation sites excluding steroid dienone is 1. The molecule has 5 nitrogen and oxygen atoms in total. The Morgan fingerprint density at radius 3 is 2.81 bits per heavy atom. The summed E-state index contributed by atoms with van der Waals surface area (Å²) in [5.74, 6) is -0.225. The summed E-state index contributed by atoms with van der Waals surface area (Å²) in [6.07, 6.45) is 5.59. The van der Waals surface area contributed by atoms with Gasteiger partial charge in [-0.05, 0) is 55.4 Å². The summed E-state index contributed by atoms with van der Waals surface area (Å²) in [5.41, 5.74) is 3.12. The predicted octanol–water partition coefficient (Wildman–Crippen LogP) is 5.31. The van der Waals surface area contributed by atoms with E-state index in [1.807, 2.05) is 43.3 Å². The number of likely N-dealkylation sites (tertiary alicyclic amines) is 1. The van der Waals surface area contributed by atoms with E-state index in [9.17, 15) is 19.1 Å². The highest BCUT2D eigenvalue weighted by Crippen LogP contribution is 2.28. The predicted molar refractivity (Wildman–Crippen MR) is 119 cm³/mol. The molecule has 2 N–H and O–H groups in total. The minimum Gasteiger partial charge on any atom is -0.465 e. The van der Waals surface area contributed by atoms with Crippen molar-refractivity contribution in [2.24, 2.45) is 5.92 Å². The Morgan fingerprint density at radius 2 is 2.10 bits per heavy atom. The molecule has 2 atom stereocenters. The highest BCUT2D eigenvalue weighted by Gasteiger charge is 2.22. The maximum Gasteiger partial charge on any atom is 0.407 e. The molecule has 0 aliphatic carbocycles. The van der Waals surface area contributed by atoms with Crippen LogP contribution >= 0.6 is 0 Å². The van der Waals surface area contributed by atoms with Crippen LogP contribution in [0.5, 0.6) is 0 Å². The lowest BCUT2D eigenvalue weighted by Gasteiger charge is -2.30. The van der Waals surface area contributed by atoms with E-state index in [2.05, 4.69) is 5.32 Å². The van der Waals surface area contributed by atoms with E-state index in [0.717, 1.165) is 36.0 Å². The van der Waals surface area contributed by atoms with Gasteiger partial charge in [0.15, 0.2) is 0 Å². The van der Waals surface area contributed by atoms with Crippen LogP contribution < -0.4 is 5.32 Å². The molecule has 2 aromatic rings. The molecule has 1 aliphatic heterocycles. The van der Waals surface area contributed by atoms with E-state index in [1.54, 1.807) is 12.1 Å². The second-order valence-electron chi connectivity index (χ2n) is 8.19. The SMILES string of the molecule is CC(=O)NC(C=CCC1CCCN(C(=O)O)C1)c1ccc(F)c(-c2cccc(C)c2)c1. The molecular weight excluding hydrogens is 395 g/mol. The third-order valence-corrected chi connectivity index (χ3v) is 5.62. The van der Waals surface area contributed by atoms with Crippen molar-refractivity contribution in [1.29, 1.82) is 0 Å². The zero-order chi connectivity index (χ0) is 22.4. The smallest absolute Gasteiger partial charge is 0.407 e. The number of aryl methyl sites for hydroxylation is 1. The number of nitrogens with one attached hydrogen (secondary N) is 1. The fourth-order valence-electron chi connectivity index (χ4n) is 4.07. The van der Waals surface area contributed by atoms with Crippen LogP contribution in [-0.4, -0.2) is 35.1 Å². The van der Waals surface area contributed by atoms with Crippen molar-refractivity contribution in [3.8, 4) is 11.1 Å². The number of carbonyl (C=O) groups excluding carboxylic acids is 1. The first-order chi connectivity index (χ1) is 14.8. The van der Waals surface area contributed by atoms with Crippen molar-refractivity contribution in [2.45, 2.75) is 39.2 Å². The summed E-state index contributed by atoms with van der Waals surface area (Å²) in [4.78, 5) is 24.5. The summed E-state index contributed by atoms with van der Waals surface area (Å²) < 4.78 is 14.6. The van der Waals surface area contributed by atoms with Gasteiger partial charge in [-0.2, -0.15) is 0 Å². The van der Waals surface area contributed by atoms with Gasteiger partial charge in [0.1, 0.15) is 5.82 Å². The van der Waals surface area contributed by atoms with Gasteiger partial charge in [-0.1, -0.05) is 48.0 Å². The second-order valence-corrected chi connectivity index (χ2v) is 8.19. The summed E-state index contributed by atoms with van der Waals surface area (Å²) in [6.45, 7) is 4.53. The van der Waals surface area contributed by atoms with Crippen LogP contribution in [0.1, 0.15) is 43.4 Å². The average molecular weight is 425 g/mol. The molecule has 0 radical (unpaired) electrons. The number of carboxylic acid groups (broad SMARTS) is 1. The van der Waals surface area contributed by atoms with Crippen molar-refractivity contribution in [1.82, 2.24) is 10.2 Å². The molecule has 1 saturated heterocycles. The first-order valence-corrected chi connectivity index (χ1v) is 10.6. The number of rotatable bonds is 6. The Kier molecular flexibility index (Phi) is 7.45. The van der Waals surface area contributed by atoms with Gasteiger partial charge in [0.2, 0.25) is 5.91 Å². The van der Waals surface area contributed by atoms with Gasteiger partial charge in [0.25, 0.3) is 0 Å². The number of hydrogen-bond acceptors (Lipinski definition) is 2. The Labute approximate surface area is 182 Å². The van der Waals surface area contributed by atoms with Crippen LogP contribution in [0.2, 0.25) is 0 Å². The van der Waals surface area contributed by atoms with Gasteiger partial charge in [0, 0.05) is 25.6 Å². The van der Waals surface area contributed by atoms with Crippen molar-refractivity contribution in [3.05, 3.63) is 71.6 Å². The van der Waals surface area contributed by atoms with Gasteiger partial charge in [-0.15, -0.1) is 0 Å².